The SMILES string of the molecule is COC(Cn1c(SCC(=O)c2cccc(C(F)(F)F)c2)nnc1-c1ccccc1)OC. The fraction of sp³-hybridized carbons (Fsp3) is 0.286. The summed E-state index contributed by atoms with van der Waals surface area (Å²) < 4.78 is 51.1. The van der Waals surface area contributed by atoms with Crippen molar-refractivity contribution in [2.24, 2.45) is 0 Å². The second kappa shape index (κ2) is 10.1. The first-order valence-corrected chi connectivity index (χ1v) is 10.2. The van der Waals surface area contributed by atoms with E-state index in [1.54, 1.807) is 4.57 Å². The summed E-state index contributed by atoms with van der Waals surface area (Å²) in [4.78, 5) is 12.5. The van der Waals surface area contributed by atoms with E-state index in [-0.39, 0.29) is 17.9 Å². The quantitative estimate of drug-likeness (QED) is 0.270. The van der Waals surface area contributed by atoms with Gasteiger partial charge in [-0.05, 0) is 12.1 Å². The molecule has 3 aromatic rings. The molecule has 0 bridgehead atoms. The predicted molar refractivity (Wildman–Crippen MR) is 110 cm³/mol. The molecule has 0 radical (unpaired) electrons. The van der Waals surface area contributed by atoms with Crippen molar-refractivity contribution < 1.29 is 27.4 Å². The molecule has 0 spiro atoms. The summed E-state index contributed by atoms with van der Waals surface area (Å²) in [5.74, 6) is 0.0226. The Hall–Kier alpha value is -2.69. The molecule has 1 aromatic heterocycles. The molecule has 31 heavy (non-hydrogen) atoms. The Balaban J connectivity index is 1.83. The number of carbonyl (C=O) groups excluding carboxylic acids is 1. The monoisotopic (exact) mass is 451 g/mol. The maximum absolute atomic E-state index is 12.9. The Kier molecular flexibility index (Phi) is 7.47. The topological polar surface area (TPSA) is 66.2 Å². The van der Waals surface area contributed by atoms with Crippen LogP contribution < -0.4 is 0 Å². The average Bonchev–Trinajstić information content (AvgIpc) is 3.18. The van der Waals surface area contributed by atoms with E-state index < -0.39 is 23.8 Å². The lowest BCUT2D eigenvalue weighted by Gasteiger charge is -2.17. The van der Waals surface area contributed by atoms with E-state index in [1.165, 1.54) is 26.4 Å². The van der Waals surface area contributed by atoms with Gasteiger partial charge in [0.25, 0.3) is 0 Å². The highest BCUT2D eigenvalue weighted by atomic mass is 32.2. The van der Waals surface area contributed by atoms with Crippen LogP contribution in [0.4, 0.5) is 13.2 Å². The molecule has 0 N–H and O–H groups in total. The number of thioether (sulfide) groups is 1. The lowest BCUT2D eigenvalue weighted by atomic mass is 10.1. The van der Waals surface area contributed by atoms with Gasteiger partial charge >= 0.3 is 6.18 Å². The molecular weight excluding hydrogens is 431 g/mol. The fourth-order valence-corrected chi connectivity index (χ4v) is 3.68. The highest BCUT2D eigenvalue weighted by Gasteiger charge is 2.31. The van der Waals surface area contributed by atoms with Crippen molar-refractivity contribution in [1.29, 1.82) is 0 Å². The van der Waals surface area contributed by atoms with E-state index in [1.807, 2.05) is 30.3 Å². The van der Waals surface area contributed by atoms with Crippen LogP contribution in [0.25, 0.3) is 11.4 Å². The first-order valence-electron chi connectivity index (χ1n) is 9.21. The van der Waals surface area contributed by atoms with Gasteiger partial charge in [-0.1, -0.05) is 54.2 Å². The molecule has 0 aliphatic rings. The van der Waals surface area contributed by atoms with Crippen LogP contribution in [0.3, 0.4) is 0 Å². The van der Waals surface area contributed by atoms with E-state index in [0.29, 0.717) is 11.0 Å². The third-order valence-corrected chi connectivity index (χ3v) is 5.42. The Morgan fingerprint density at radius 1 is 1.06 bits per heavy atom. The number of hydrogen-bond acceptors (Lipinski definition) is 6. The van der Waals surface area contributed by atoms with Crippen LogP contribution in [0.15, 0.2) is 59.8 Å². The van der Waals surface area contributed by atoms with E-state index in [2.05, 4.69) is 10.2 Å². The van der Waals surface area contributed by atoms with Gasteiger partial charge in [0.15, 0.2) is 23.1 Å². The second-order valence-electron chi connectivity index (χ2n) is 6.47. The van der Waals surface area contributed by atoms with E-state index in [9.17, 15) is 18.0 Å². The van der Waals surface area contributed by atoms with Gasteiger partial charge in [0.05, 0.1) is 17.9 Å². The second-order valence-corrected chi connectivity index (χ2v) is 7.42. The van der Waals surface area contributed by atoms with Crippen molar-refractivity contribution in [2.75, 3.05) is 20.0 Å². The van der Waals surface area contributed by atoms with Gasteiger partial charge in [0, 0.05) is 25.3 Å². The highest BCUT2D eigenvalue weighted by Crippen LogP contribution is 2.30. The number of nitrogens with zero attached hydrogens (tertiary/aromatic N) is 3. The van der Waals surface area contributed by atoms with E-state index in [4.69, 9.17) is 9.47 Å². The molecule has 164 valence electrons. The third kappa shape index (κ3) is 5.72. The van der Waals surface area contributed by atoms with Gasteiger partial charge in [-0.3, -0.25) is 9.36 Å². The Bertz CT molecular complexity index is 1020. The van der Waals surface area contributed by atoms with Crippen LogP contribution in [0.5, 0.6) is 0 Å². The number of ether oxygens (including phenoxy) is 2. The summed E-state index contributed by atoms with van der Waals surface area (Å²) in [6.45, 7) is 0.268. The zero-order valence-electron chi connectivity index (χ0n) is 16.8. The lowest BCUT2D eigenvalue weighted by molar-refractivity contribution is -0.137. The van der Waals surface area contributed by atoms with Crippen molar-refractivity contribution in [2.45, 2.75) is 24.2 Å². The number of benzene rings is 2. The smallest absolute Gasteiger partial charge is 0.354 e. The van der Waals surface area contributed by atoms with Crippen molar-refractivity contribution in [1.82, 2.24) is 14.8 Å². The summed E-state index contributed by atoms with van der Waals surface area (Å²) >= 11 is 1.09. The van der Waals surface area contributed by atoms with Crippen molar-refractivity contribution in [3.63, 3.8) is 0 Å². The average molecular weight is 451 g/mol. The Morgan fingerprint density at radius 2 is 1.77 bits per heavy atom. The normalized spacial score (nSPS) is 11.8. The molecule has 3 rings (SSSR count). The molecule has 0 atom stereocenters. The zero-order chi connectivity index (χ0) is 22.4. The summed E-state index contributed by atoms with van der Waals surface area (Å²) in [7, 11) is 3.01. The summed E-state index contributed by atoms with van der Waals surface area (Å²) in [6.07, 6.45) is -5.08. The third-order valence-electron chi connectivity index (χ3n) is 4.45. The minimum atomic E-state index is -4.51. The van der Waals surface area contributed by atoms with Crippen LogP contribution in [-0.2, 0) is 22.2 Å². The van der Waals surface area contributed by atoms with Gasteiger partial charge in [0.2, 0.25) is 0 Å². The molecule has 0 fully saturated rings. The number of alkyl halides is 3. The lowest BCUT2D eigenvalue weighted by Crippen LogP contribution is -2.22. The van der Waals surface area contributed by atoms with Crippen LogP contribution in [-0.4, -0.2) is 46.8 Å². The van der Waals surface area contributed by atoms with Gasteiger partial charge in [-0.2, -0.15) is 13.2 Å². The number of carbonyl (C=O) groups is 1. The van der Waals surface area contributed by atoms with E-state index in [0.717, 1.165) is 29.5 Å². The molecule has 10 heteroatoms. The largest absolute Gasteiger partial charge is 0.416 e. The maximum atomic E-state index is 12.9. The first-order chi connectivity index (χ1) is 14.8. The Labute approximate surface area is 181 Å². The van der Waals surface area contributed by atoms with Crippen LogP contribution in [0, 0.1) is 0 Å². The molecule has 0 aliphatic heterocycles. The molecule has 0 aliphatic carbocycles. The van der Waals surface area contributed by atoms with Gasteiger partial charge in [-0.15, -0.1) is 10.2 Å². The molecule has 0 unspecified atom stereocenters. The van der Waals surface area contributed by atoms with Crippen molar-refractivity contribution >= 4 is 17.5 Å². The van der Waals surface area contributed by atoms with Crippen molar-refractivity contribution in [3.8, 4) is 11.4 Å². The minimum Gasteiger partial charge on any atom is -0.354 e. The number of Topliss-reactive ketones (excluding diaryl/α,β-unsaturated/α-hetero) is 1. The van der Waals surface area contributed by atoms with Crippen LogP contribution in [0.1, 0.15) is 15.9 Å². The first kappa shape index (κ1) is 23.0. The number of aromatic nitrogens is 3. The molecule has 0 amide bonds. The van der Waals surface area contributed by atoms with Crippen molar-refractivity contribution in [3.05, 3.63) is 65.7 Å². The standard InChI is InChI=1S/C21H20F3N3O3S/c1-29-18(30-2)12-27-19(14-7-4-3-5-8-14)25-26-20(27)31-13-17(28)15-9-6-10-16(11-15)21(22,23)24/h3-11,18H,12-13H2,1-2H3. The molecule has 6 nitrogen and oxygen atoms in total. The molecule has 1 heterocycles. The summed E-state index contributed by atoms with van der Waals surface area (Å²) in [5.41, 5.74) is -0.0544. The molecular formula is C21H20F3N3O3S. The van der Waals surface area contributed by atoms with Gasteiger partial charge < -0.3 is 9.47 Å². The van der Waals surface area contributed by atoms with Gasteiger partial charge in [-0.25, -0.2) is 0 Å². The van der Waals surface area contributed by atoms with E-state index >= 15 is 0 Å². The van der Waals surface area contributed by atoms with Gasteiger partial charge in [0.1, 0.15) is 0 Å². The number of rotatable bonds is 9. The molecule has 2 aromatic carbocycles. The van der Waals surface area contributed by atoms with Crippen LogP contribution >= 0.6 is 11.8 Å². The minimum absolute atomic E-state index is 0.0108. The summed E-state index contributed by atoms with van der Waals surface area (Å²) in [5, 5.41) is 8.82. The molecule has 0 saturated carbocycles. The molecule has 0 saturated heterocycles. The fourth-order valence-electron chi connectivity index (χ4n) is 2.84. The maximum Gasteiger partial charge on any atom is 0.416 e. The number of hydrogen-bond donors (Lipinski definition) is 0. The number of methoxy groups -OCH3 is 2. The Morgan fingerprint density at radius 3 is 2.42 bits per heavy atom. The summed E-state index contributed by atoms with van der Waals surface area (Å²) in [6, 6.07) is 13.7. The number of ketones is 1. The number of halogens is 3. The zero-order valence-corrected chi connectivity index (χ0v) is 17.6. The highest BCUT2D eigenvalue weighted by molar-refractivity contribution is 7.99. The predicted octanol–water partition coefficient (Wildman–Crippen LogP) is 4.56. The van der Waals surface area contributed by atoms with Crippen LogP contribution in [0.2, 0.25) is 0 Å².